The van der Waals surface area contributed by atoms with Crippen molar-refractivity contribution in [1.82, 2.24) is 4.90 Å². The van der Waals surface area contributed by atoms with Crippen molar-refractivity contribution in [1.29, 1.82) is 0 Å². The van der Waals surface area contributed by atoms with Crippen LogP contribution in [0.25, 0.3) is 0 Å². The molecule has 1 aliphatic heterocycles. The predicted molar refractivity (Wildman–Crippen MR) is 136 cm³/mol. The molecule has 5 heteroatoms. The Labute approximate surface area is 198 Å². The van der Waals surface area contributed by atoms with Crippen LogP contribution in [0.15, 0.2) is 72.8 Å². The average Bonchev–Trinajstić information content (AvgIpc) is 2.85. The van der Waals surface area contributed by atoms with E-state index in [-0.39, 0.29) is 0 Å². The van der Waals surface area contributed by atoms with Crippen molar-refractivity contribution in [3.8, 4) is 5.75 Å². The Balaban J connectivity index is 1.58. The Morgan fingerprint density at radius 3 is 2.12 bits per heavy atom. The second-order valence-electron chi connectivity index (χ2n) is 8.88. The molecule has 0 atom stereocenters. The average molecular weight is 446 g/mol. The van der Waals surface area contributed by atoms with Gasteiger partial charge in [0.15, 0.2) is 0 Å². The van der Waals surface area contributed by atoms with Gasteiger partial charge in [-0.25, -0.2) is 0 Å². The van der Waals surface area contributed by atoms with E-state index >= 15 is 0 Å². The maximum atomic E-state index is 5.53. The molecule has 0 N–H and O–H groups in total. The fraction of sp³-hybridized carbons (Fsp3) is 0.357. The van der Waals surface area contributed by atoms with E-state index in [1.807, 2.05) is 6.07 Å². The number of anilines is 2. The first-order valence-corrected chi connectivity index (χ1v) is 11.6. The quantitative estimate of drug-likeness (QED) is 0.472. The van der Waals surface area contributed by atoms with Gasteiger partial charge in [-0.05, 0) is 67.2 Å². The van der Waals surface area contributed by atoms with Crippen molar-refractivity contribution < 1.29 is 9.47 Å². The summed E-state index contributed by atoms with van der Waals surface area (Å²) in [4.78, 5) is 7.04. The minimum atomic E-state index is 0.797. The Kier molecular flexibility index (Phi) is 7.87. The molecular formula is C28H35N3O2. The SMILES string of the molecule is COc1cccc(CN(Cc2cccc(N3CCOCC3)c2)c2ccc(CN(C)C)cc2)c1. The van der Waals surface area contributed by atoms with Gasteiger partial charge in [0, 0.05) is 44.1 Å². The number of ether oxygens (including phenoxy) is 2. The Morgan fingerprint density at radius 2 is 1.45 bits per heavy atom. The number of methoxy groups -OCH3 is 1. The van der Waals surface area contributed by atoms with Gasteiger partial charge in [0.25, 0.3) is 0 Å². The minimum Gasteiger partial charge on any atom is -0.497 e. The number of benzene rings is 3. The van der Waals surface area contributed by atoms with Gasteiger partial charge >= 0.3 is 0 Å². The van der Waals surface area contributed by atoms with Gasteiger partial charge in [-0.15, -0.1) is 0 Å². The first kappa shape index (κ1) is 23.1. The molecule has 3 aromatic carbocycles. The number of morpholine rings is 1. The summed E-state index contributed by atoms with van der Waals surface area (Å²) in [5.74, 6) is 0.892. The normalized spacial score (nSPS) is 13.9. The smallest absolute Gasteiger partial charge is 0.119 e. The van der Waals surface area contributed by atoms with E-state index in [0.717, 1.165) is 51.7 Å². The molecule has 4 rings (SSSR count). The van der Waals surface area contributed by atoms with Gasteiger partial charge < -0.3 is 24.2 Å². The van der Waals surface area contributed by atoms with Gasteiger partial charge in [-0.3, -0.25) is 0 Å². The van der Waals surface area contributed by atoms with Gasteiger partial charge in [0.1, 0.15) is 5.75 Å². The number of rotatable bonds is 9. The monoisotopic (exact) mass is 445 g/mol. The number of hydrogen-bond acceptors (Lipinski definition) is 5. The summed E-state index contributed by atoms with van der Waals surface area (Å²) < 4.78 is 11.0. The molecule has 0 radical (unpaired) electrons. The van der Waals surface area contributed by atoms with Crippen molar-refractivity contribution in [3.63, 3.8) is 0 Å². The summed E-state index contributed by atoms with van der Waals surface area (Å²) in [6.45, 7) is 6.08. The van der Waals surface area contributed by atoms with Crippen LogP contribution in [0.3, 0.4) is 0 Å². The van der Waals surface area contributed by atoms with Crippen LogP contribution < -0.4 is 14.5 Å². The van der Waals surface area contributed by atoms with Crippen LogP contribution in [0, 0.1) is 0 Å². The third kappa shape index (κ3) is 6.50. The number of nitrogens with zero attached hydrogens (tertiary/aromatic N) is 3. The third-order valence-electron chi connectivity index (χ3n) is 5.97. The molecule has 33 heavy (non-hydrogen) atoms. The second-order valence-corrected chi connectivity index (χ2v) is 8.88. The van der Waals surface area contributed by atoms with E-state index < -0.39 is 0 Å². The second kappa shape index (κ2) is 11.2. The highest BCUT2D eigenvalue weighted by molar-refractivity contribution is 5.52. The zero-order valence-corrected chi connectivity index (χ0v) is 20.0. The molecule has 1 fully saturated rings. The summed E-state index contributed by atoms with van der Waals surface area (Å²) in [6, 6.07) is 26.2. The molecule has 0 amide bonds. The Bertz CT molecular complexity index is 1010. The van der Waals surface area contributed by atoms with Crippen LogP contribution in [0.4, 0.5) is 11.4 Å². The predicted octanol–water partition coefficient (Wildman–Crippen LogP) is 4.80. The molecule has 3 aromatic rings. The van der Waals surface area contributed by atoms with Crippen molar-refractivity contribution in [2.75, 3.05) is 57.3 Å². The first-order chi connectivity index (χ1) is 16.1. The fourth-order valence-electron chi connectivity index (χ4n) is 4.30. The van der Waals surface area contributed by atoms with Crippen molar-refractivity contribution in [2.24, 2.45) is 0 Å². The highest BCUT2D eigenvalue weighted by Crippen LogP contribution is 2.25. The lowest BCUT2D eigenvalue weighted by Crippen LogP contribution is -2.36. The summed E-state index contributed by atoms with van der Waals surface area (Å²) in [5.41, 5.74) is 6.35. The van der Waals surface area contributed by atoms with Crippen LogP contribution >= 0.6 is 0 Å². The van der Waals surface area contributed by atoms with Crippen LogP contribution in [-0.4, -0.2) is 52.4 Å². The van der Waals surface area contributed by atoms with E-state index in [1.54, 1.807) is 7.11 Å². The molecule has 0 saturated carbocycles. The Hall–Kier alpha value is -3.02. The van der Waals surface area contributed by atoms with Gasteiger partial charge in [0.2, 0.25) is 0 Å². The summed E-state index contributed by atoms with van der Waals surface area (Å²) in [6.07, 6.45) is 0. The van der Waals surface area contributed by atoms with E-state index in [9.17, 15) is 0 Å². The highest BCUT2D eigenvalue weighted by atomic mass is 16.5. The molecular weight excluding hydrogens is 410 g/mol. The van der Waals surface area contributed by atoms with E-state index in [1.165, 1.54) is 28.1 Å². The first-order valence-electron chi connectivity index (χ1n) is 11.6. The molecule has 1 heterocycles. The van der Waals surface area contributed by atoms with Gasteiger partial charge in [0.05, 0.1) is 20.3 Å². The topological polar surface area (TPSA) is 28.2 Å². The molecule has 1 aliphatic rings. The lowest BCUT2D eigenvalue weighted by Gasteiger charge is -2.30. The van der Waals surface area contributed by atoms with Crippen molar-refractivity contribution in [2.45, 2.75) is 19.6 Å². The van der Waals surface area contributed by atoms with Crippen molar-refractivity contribution in [3.05, 3.63) is 89.5 Å². The standard InChI is InChI=1S/C28H35N3O2/c1-29(2)20-23-10-12-26(13-11-23)31(22-25-7-5-9-28(19-25)32-3)21-24-6-4-8-27(18-24)30-14-16-33-17-15-30/h4-13,18-19H,14-17,20-22H2,1-3H3. The van der Waals surface area contributed by atoms with Crippen molar-refractivity contribution >= 4 is 11.4 Å². The molecule has 0 unspecified atom stereocenters. The van der Waals surface area contributed by atoms with E-state index in [2.05, 4.69) is 95.5 Å². The molecule has 5 nitrogen and oxygen atoms in total. The van der Waals surface area contributed by atoms with Crippen LogP contribution in [-0.2, 0) is 24.4 Å². The van der Waals surface area contributed by atoms with Gasteiger partial charge in [-0.2, -0.15) is 0 Å². The molecule has 0 aromatic heterocycles. The van der Waals surface area contributed by atoms with Crippen LogP contribution in [0.2, 0.25) is 0 Å². The molecule has 174 valence electrons. The molecule has 0 aliphatic carbocycles. The lowest BCUT2D eigenvalue weighted by atomic mass is 10.1. The Morgan fingerprint density at radius 1 is 0.788 bits per heavy atom. The molecule has 0 spiro atoms. The zero-order valence-electron chi connectivity index (χ0n) is 20.0. The largest absolute Gasteiger partial charge is 0.497 e. The van der Waals surface area contributed by atoms with E-state index in [4.69, 9.17) is 9.47 Å². The zero-order chi connectivity index (χ0) is 23.0. The van der Waals surface area contributed by atoms with Crippen LogP contribution in [0.5, 0.6) is 5.75 Å². The van der Waals surface area contributed by atoms with Gasteiger partial charge in [-0.1, -0.05) is 36.4 Å². The summed E-state index contributed by atoms with van der Waals surface area (Å²) in [5, 5.41) is 0. The summed E-state index contributed by atoms with van der Waals surface area (Å²) >= 11 is 0. The minimum absolute atomic E-state index is 0.797. The third-order valence-corrected chi connectivity index (χ3v) is 5.97. The lowest BCUT2D eigenvalue weighted by molar-refractivity contribution is 0.122. The molecule has 0 bridgehead atoms. The van der Waals surface area contributed by atoms with Crippen LogP contribution in [0.1, 0.15) is 16.7 Å². The summed E-state index contributed by atoms with van der Waals surface area (Å²) in [7, 11) is 5.92. The molecule has 1 saturated heterocycles. The highest BCUT2D eigenvalue weighted by Gasteiger charge is 2.14. The maximum Gasteiger partial charge on any atom is 0.119 e. The fourth-order valence-corrected chi connectivity index (χ4v) is 4.30. The van der Waals surface area contributed by atoms with E-state index in [0.29, 0.717) is 0 Å². The maximum absolute atomic E-state index is 5.53. The number of hydrogen-bond donors (Lipinski definition) is 0.